The van der Waals surface area contributed by atoms with Crippen molar-refractivity contribution >= 4 is 23.0 Å². The minimum Gasteiger partial charge on any atom is -0.495 e. The predicted octanol–water partition coefficient (Wildman–Crippen LogP) is 4.27. The van der Waals surface area contributed by atoms with E-state index in [0.717, 1.165) is 17.0 Å². The van der Waals surface area contributed by atoms with Gasteiger partial charge in [0.15, 0.2) is 0 Å². The fraction of sp³-hybridized carbons (Fsp3) is 0.133. The Kier molecular flexibility index (Phi) is 3.94. The zero-order valence-electron chi connectivity index (χ0n) is 10.7. The number of ether oxygens (including phenoxy) is 1. The third kappa shape index (κ3) is 2.98. The first-order valence-corrected chi connectivity index (χ1v) is 6.13. The monoisotopic (exact) mass is 272 g/mol. The molecule has 0 radical (unpaired) electrons. The maximum atomic E-state index is 9.12. The van der Waals surface area contributed by atoms with Crippen LogP contribution in [0.2, 0.25) is 5.02 Å². The van der Waals surface area contributed by atoms with E-state index in [1.54, 1.807) is 25.3 Å². The first-order valence-electron chi connectivity index (χ1n) is 5.75. The number of nitrogens with zero attached hydrogens (tertiary/aromatic N) is 1. The van der Waals surface area contributed by atoms with E-state index < -0.39 is 0 Å². The largest absolute Gasteiger partial charge is 0.495 e. The number of hydrogen-bond donors (Lipinski definition) is 1. The van der Waals surface area contributed by atoms with Crippen LogP contribution in [0.1, 0.15) is 11.1 Å². The quantitative estimate of drug-likeness (QED) is 0.907. The highest BCUT2D eigenvalue weighted by Gasteiger charge is 2.07. The summed E-state index contributed by atoms with van der Waals surface area (Å²) < 4.78 is 5.30. The topological polar surface area (TPSA) is 45.0 Å². The summed E-state index contributed by atoms with van der Waals surface area (Å²) in [7, 11) is 1.61. The second kappa shape index (κ2) is 5.64. The van der Waals surface area contributed by atoms with Crippen LogP contribution in [-0.4, -0.2) is 7.11 Å². The minimum atomic E-state index is 0.496. The van der Waals surface area contributed by atoms with Gasteiger partial charge in [0.05, 0.1) is 24.0 Å². The van der Waals surface area contributed by atoms with Crippen molar-refractivity contribution in [2.45, 2.75) is 6.92 Å². The van der Waals surface area contributed by atoms with Crippen molar-refractivity contribution in [3.63, 3.8) is 0 Å². The molecule has 96 valence electrons. The van der Waals surface area contributed by atoms with Gasteiger partial charge in [0, 0.05) is 5.02 Å². The lowest BCUT2D eigenvalue weighted by molar-refractivity contribution is 0.416. The number of rotatable bonds is 3. The molecule has 3 nitrogen and oxygen atoms in total. The molecule has 0 amide bonds. The third-order valence-electron chi connectivity index (χ3n) is 2.73. The molecule has 19 heavy (non-hydrogen) atoms. The van der Waals surface area contributed by atoms with Gasteiger partial charge < -0.3 is 10.1 Å². The Hall–Kier alpha value is -2.18. The Balaban J connectivity index is 2.41. The fourth-order valence-corrected chi connectivity index (χ4v) is 1.95. The van der Waals surface area contributed by atoms with E-state index >= 15 is 0 Å². The highest BCUT2D eigenvalue weighted by molar-refractivity contribution is 6.30. The number of hydrogen-bond acceptors (Lipinski definition) is 3. The van der Waals surface area contributed by atoms with Crippen molar-refractivity contribution < 1.29 is 4.74 Å². The number of benzene rings is 2. The predicted molar refractivity (Wildman–Crippen MR) is 77.2 cm³/mol. The maximum Gasteiger partial charge on any atom is 0.142 e. The van der Waals surface area contributed by atoms with Crippen molar-refractivity contribution in [1.29, 1.82) is 5.26 Å². The fourth-order valence-electron chi connectivity index (χ4n) is 1.78. The van der Waals surface area contributed by atoms with Gasteiger partial charge in [-0.1, -0.05) is 17.7 Å². The molecule has 0 unspecified atom stereocenters. The van der Waals surface area contributed by atoms with Gasteiger partial charge in [-0.3, -0.25) is 0 Å². The van der Waals surface area contributed by atoms with Gasteiger partial charge in [0.1, 0.15) is 11.8 Å². The van der Waals surface area contributed by atoms with Gasteiger partial charge >= 0.3 is 0 Å². The Morgan fingerprint density at radius 2 is 1.95 bits per heavy atom. The number of aryl methyl sites for hydroxylation is 1. The molecule has 0 atom stereocenters. The first-order chi connectivity index (χ1) is 9.13. The summed E-state index contributed by atoms with van der Waals surface area (Å²) in [6, 6.07) is 13.1. The minimum absolute atomic E-state index is 0.496. The number of nitrogens with one attached hydrogen (secondary N) is 1. The van der Waals surface area contributed by atoms with E-state index in [4.69, 9.17) is 21.6 Å². The first kappa shape index (κ1) is 13.3. The maximum absolute atomic E-state index is 9.12. The summed E-state index contributed by atoms with van der Waals surface area (Å²) in [5.74, 6) is 0.726. The average molecular weight is 273 g/mol. The standard InChI is InChI=1S/C15H13ClN2O/c1-10-3-6-15(19-2)14(7-10)18-13-5-4-12(16)8-11(13)9-17/h3-8,18H,1-2H3. The number of nitriles is 1. The summed E-state index contributed by atoms with van der Waals surface area (Å²) in [4.78, 5) is 0. The van der Waals surface area contributed by atoms with Gasteiger partial charge in [0.2, 0.25) is 0 Å². The SMILES string of the molecule is COc1ccc(C)cc1Nc1ccc(Cl)cc1C#N. The molecule has 4 heteroatoms. The number of halogens is 1. The summed E-state index contributed by atoms with van der Waals surface area (Å²) >= 11 is 5.88. The van der Waals surface area contributed by atoms with Crippen LogP contribution in [0, 0.1) is 18.3 Å². The molecule has 0 aliphatic rings. The van der Waals surface area contributed by atoms with E-state index in [1.165, 1.54) is 0 Å². The molecule has 0 aliphatic heterocycles. The molecule has 2 rings (SSSR count). The van der Waals surface area contributed by atoms with Crippen LogP contribution in [-0.2, 0) is 0 Å². The van der Waals surface area contributed by atoms with E-state index in [2.05, 4.69) is 11.4 Å². The van der Waals surface area contributed by atoms with E-state index in [0.29, 0.717) is 16.3 Å². The summed E-state index contributed by atoms with van der Waals surface area (Å²) in [5, 5.41) is 12.9. The molecular formula is C15H13ClN2O. The molecule has 0 saturated carbocycles. The van der Waals surface area contributed by atoms with E-state index in [-0.39, 0.29) is 0 Å². The molecule has 0 aliphatic carbocycles. The Morgan fingerprint density at radius 1 is 1.16 bits per heavy atom. The molecule has 2 aromatic rings. The molecule has 0 bridgehead atoms. The van der Waals surface area contributed by atoms with Crippen LogP contribution < -0.4 is 10.1 Å². The van der Waals surface area contributed by atoms with Crippen LogP contribution in [0.5, 0.6) is 5.75 Å². The van der Waals surface area contributed by atoms with Gasteiger partial charge in [-0.05, 0) is 42.8 Å². The summed E-state index contributed by atoms with van der Waals surface area (Å²) in [6.07, 6.45) is 0. The van der Waals surface area contributed by atoms with E-state index in [9.17, 15) is 0 Å². The van der Waals surface area contributed by atoms with Crippen molar-refractivity contribution in [3.05, 3.63) is 52.5 Å². The molecule has 0 fully saturated rings. The third-order valence-corrected chi connectivity index (χ3v) is 2.96. The lowest BCUT2D eigenvalue weighted by Crippen LogP contribution is -1.97. The Bertz CT molecular complexity index is 647. The van der Waals surface area contributed by atoms with Gasteiger partial charge in [0.25, 0.3) is 0 Å². The van der Waals surface area contributed by atoms with Gasteiger partial charge in [-0.25, -0.2) is 0 Å². The van der Waals surface area contributed by atoms with E-state index in [1.807, 2.05) is 25.1 Å². The second-order valence-corrected chi connectivity index (χ2v) is 4.57. The molecule has 0 aromatic heterocycles. The molecular weight excluding hydrogens is 260 g/mol. The molecule has 0 heterocycles. The lowest BCUT2D eigenvalue weighted by Gasteiger charge is -2.13. The van der Waals surface area contributed by atoms with Crippen LogP contribution in [0.25, 0.3) is 0 Å². The van der Waals surface area contributed by atoms with Crippen LogP contribution in [0.15, 0.2) is 36.4 Å². The zero-order valence-corrected chi connectivity index (χ0v) is 11.5. The normalized spacial score (nSPS) is 9.79. The van der Waals surface area contributed by atoms with Crippen molar-refractivity contribution in [1.82, 2.24) is 0 Å². The summed E-state index contributed by atoms with van der Waals surface area (Å²) in [5.41, 5.74) is 3.13. The lowest BCUT2D eigenvalue weighted by atomic mass is 10.1. The smallest absolute Gasteiger partial charge is 0.142 e. The average Bonchev–Trinajstić information content (AvgIpc) is 2.41. The van der Waals surface area contributed by atoms with Crippen LogP contribution in [0.4, 0.5) is 11.4 Å². The Labute approximate surface area is 117 Å². The molecule has 2 aromatic carbocycles. The van der Waals surface area contributed by atoms with Crippen molar-refractivity contribution in [2.24, 2.45) is 0 Å². The zero-order chi connectivity index (χ0) is 13.8. The molecule has 0 saturated heterocycles. The molecule has 1 N–H and O–H groups in total. The highest BCUT2D eigenvalue weighted by Crippen LogP contribution is 2.30. The van der Waals surface area contributed by atoms with Crippen molar-refractivity contribution in [3.8, 4) is 11.8 Å². The second-order valence-electron chi connectivity index (χ2n) is 4.13. The van der Waals surface area contributed by atoms with Gasteiger partial charge in [-0.15, -0.1) is 0 Å². The van der Waals surface area contributed by atoms with Gasteiger partial charge in [-0.2, -0.15) is 5.26 Å². The summed E-state index contributed by atoms with van der Waals surface area (Å²) in [6.45, 7) is 2.00. The number of anilines is 2. The van der Waals surface area contributed by atoms with Crippen LogP contribution in [0.3, 0.4) is 0 Å². The highest BCUT2D eigenvalue weighted by atomic mass is 35.5. The van der Waals surface area contributed by atoms with Crippen LogP contribution >= 0.6 is 11.6 Å². The number of methoxy groups -OCH3 is 1. The molecule has 0 spiro atoms. The Morgan fingerprint density at radius 3 is 2.63 bits per heavy atom. The van der Waals surface area contributed by atoms with Crippen molar-refractivity contribution in [2.75, 3.05) is 12.4 Å².